The minimum absolute atomic E-state index is 0.891. The van der Waals surface area contributed by atoms with E-state index in [1.807, 2.05) is 0 Å². The van der Waals surface area contributed by atoms with E-state index in [0.717, 1.165) is 0 Å². The number of alkyl halides is 6. The van der Waals surface area contributed by atoms with Gasteiger partial charge in [-0.25, -0.2) is 0 Å². The third kappa shape index (κ3) is 7.10. The molecule has 0 aromatic carbocycles. The molecule has 0 radical (unpaired) electrons. The Morgan fingerprint density at radius 3 is 1.53 bits per heavy atom. The number of hydrogen-bond acceptors (Lipinski definition) is 1. The van der Waals surface area contributed by atoms with E-state index in [1.165, 1.54) is 20.8 Å². The van der Waals surface area contributed by atoms with Gasteiger partial charge >= 0.3 is 12.4 Å². The Balaban J connectivity index is 5.02. The molecule has 0 N–H and O–H groups in total. The molecule has 15 heavy (non-hydrogen) atoms. The van der Waals surface area contributed by atoms with Crippen molar-refractivity contribution >= 4 is 0 Å². The van der Waals surface area contributed by atoms with E-state index in [-0.39, 0.29) is 0 Å². The molecule has 0 aromatic rings. The maximum Gasteiger partial charge on any atom is 0.448 e. The van der Waals surface area contributed by atoms with Crippen molar-refractivity contribution in [3.63, 3.8) is 0 Å². The van der Waals surface area contributed by atoms with Crippen LogP contribution in [-0.2, 0) is 4.74 Å². The van der Waals surface area contributed by atoms with Gasteiger partial charge in [0, 0.05) is 0 Å². The molecule has 7 heteroatoms. The molecule has 0 bridgehead atoms. The van der Waals surface area contributed by atoms with E-state index in [2.05, 4.69) is 4.74 Å². The average molecular weight is 236 g/mol. The lowest BCUT2D eigenvalue weighted by atomic mass is 10.2. The molecular weight excluding hydrogens is 226 g/mol. The smallest absolute Gasteiger partial charge is 0.448 e. The largest absolute Gasteiger partial charge is 0.483 e. The SMILES string of the molecule is CC(C)(C)O/C(=C\C(F)(F)F)C(F)(F)F. The Morgan fingerprint density at radius 2 is 1.33 bits per heavy atom. The molecule has 0 saturated heterocycles. The van der Waals surface area contributed by atoms with Gasteiger partial charge in [-0.1, -0.05) is 0 Å². The predicted octanol–water partition coefficient (Wildman–Crippen LogP) is 3.81. The van der Waals surface area contributed by atoms with Crippen LogP contribution in [0.1, 0.15) is 20.8 Å². The number of allylic oxidation sites excluding steroid dienone is 2. The first-order valence-corrected chi connectivity index (χ1v) is 3.87. The standard InChI is InChI=1S/C8H10F6O/c1-6(2,3)15-5(8(12,13)14)4-7(9,10)11/h4H,1-3H3/b5-4-. The van der Waals surface area contributed by atoms with Crippen molar-refractivity contribution in [2.75, 3.05) is 0 Å². The van der Waals surface area contributed by atoms with Crippen molar-refractivity contribution < 1.29 is 31.1 Å². The first kappa shape index (κ1) is 14.1. The van der Waals surface area contributed by atoms with Gasteiger partial charge in [-0.3, -0.25) is 0 Å². The number of hydrogen-bond donors (Lipinski definition) is 0. The van der Waals surface area contributed by atoms with Crippen molar-refractivity contribution in [3.05, 3.63) is 11.8 Å². The van der Waals surface area contributed by atoms with Crippen LogP contribution in [0.3, 0.4) is 0 Å². The highest BCUT2D eigenvalue weighted by atomic mass is 19.4. The van der Waals surface area contributed by atoms with E-state index in [9.17, 15) is 26.3 Å². The van der Waals surface area contributed by atoms with Gasteiger partial charge in [0.1, 0.15) is 5.60 Å². The molecule has 0 aromatic heterocycles. The monoisotopic (exact) mass is 236 g/mol. The molecule has 90 valence electrons. The summed E-state index contributed by atoms with van der Waals surface area (Å²) in [6.45, 7) is 3.68. The second-order valence-electron chi connectivity index (χ2n) is 3.76. The van der Waals surface area contributed by atoms with Gasteiger partial charge in [0.15, 0.2) is 0 Å². The van der Waals surface area contributed by atoms with Gasteiger partial charge in [0.2, 0.25) is 5.76 Å². The van der Waals surface area contributed by atoms with Crippen LogP contribution < -0.4 is 0 Å². The summed E-state index contributed by atoms with van der Waals surface area (Å²) in [6.07, 6.45) is -11.1. The zero-order chi connectivity index (χ0) is 12.5. The fraction of sp³-hybridized carbons (Fsp3) is 0.750. The number of rotatable bonds is 1. The van der Waals surface area contributed by atoms with E-state index >= 15 is 0 Å². The zero-order valence-electron chi connectivity index (χ0n) is 8.25. The molecule has 0 spiro atoms. The van der Waals surface area contributed by atoms with Crippen molar-refractivity contribution in [3.8, 4) is 0 Å². The topological polar surface area (TPSA) is 9.23 Å². The molecule has 0 saturated carbocycles. The predicted molar refractivity (Wildman–Crippen MR) is 41.0 cm³/mol. The van der Waals surface area contributed by atoms with Gasteiger partial charge in [0.05, 0.1) is 6.08 Å². The summed E-state index contributed by atoms with van der Waals surface area (Å²) in [5.74, 6) is -2.04. The van der Waals surface area contributed by atoms with Crippen molar-refractivity contribution in [1.29, 1.82) is 0 Å². The normalized spacial score (nSPS) is 15.4. The lowest BCUT2D eigenvalue weighted by molar-refractivity contribution is -0.158. The lowest BCUT2D eigenvalue weighted by Gasteiger charge is -2.24. The van der Waals surface area contributed by atoms with E-state index in [0.29, 0.717) is 0 Å². The summed E-state index contributed by atoms with van der Waals surface area (Å²) in [5, 5.41) is 0. The average Bonchev–Trinajstić information content (AvgIpc) is 1.75. The van der Waals surface area contributed by atoms with Crippen LogP contribution in [0.15, 0.2) is 11.8 Å². The molecule has 0 atom stereocenters. The van der Waals surface area contributed by atoms with Crippen LogP contribution in [0.2, 0.25) is 0 Å². The zero-order valence-corrected chi connectivity index (χ0v) is 8.25. The summed E-state index contributed by atoms with van der Waals surface area (Å²) in [6, 6.07) is 0. The third-order valence-electron chi connectivity index (χ3n) is 0.990. The van der Waals surface area contributed by atoms with Gasteiger partial charge in [-0.15, -0.1) is 0 Å². The van der Waals surface area contributed by atoms with Crippen molar-refractivity contribution in [2.24, 2.45) is 0 Å². The summed E-state index contributed by atoms with van der Waals surface area (Å²) in [5.41, 5.74) is -1.34. The third-order valence-corrected chi connectivity index (χ3v) is 0.990. The molecule has 0 rings (SSSR count). The molecule has 0 fully saturated rings. The molecule has 0 heterocycles. The highest BCUT2D eigenvalue weighted by Gasteiger charge is 2.42. The summed E-state index contributed by atoms with van der Waals surface area (Å²) in [4.78, 5) is 0. The maximum atomic E-state index is 12.1. The van der Waals surface area contributed by atoms with Crippen LogP contribution in [0.25, 0.3) is 0 Å². The van der Waals surface area contributed by atoms with Crippen LogP contribution in [0.5, 0.6) is 0 Å². The van der Waals surface area contributed by atoms with Crippen LogP contribution >= 0.6 is 0 Å². The van der Waals surface area contributed by atoms with Crippen LogP contribution in [0, 0.1) is 0 Å². The van der Waals surface area contributed by atoms with Crippen LogP contribution in [0.4, 0.5) is 26.3 Å². The highest BCUT2D eigenvalue weighted by Crippen LogP contribution is 2.33. The Bertz CT molecular complexity index is 241. The molecule has 1 nitrogen and oxygen atoms in total. The quantitative estimate of drug-likeness (QED) is 0.497. The first-order chi connectivity index (χ1) is 6.31. The molecule has 0 aliphatic rings. The molecule has 0 amide bonds. The first-order valence-electron chi connectivity index (χ1n) is 3.87. The fourth-order valence-electron chi connectivity index (χ4n) is 0.648. The molecule has 0 aliphatic heterocycles. The second-order valence-corrected chi connectivity index (χ2v) is 3.76. The molecule has 0 unspecified atom stereocenters. The Morgan fingerprint density at radius 1 is 0.933 bits per heavy atom. The minimum Gasteiger partial charge on any atom is -0.483 e. The Kier molecular flexibility index (Phi) is 3.71. The Labute approximate surface area is 82.7 Å². The molecular formula is C8H10F6O. The van der Waals surface area contributed by atoms with Gasteiger partial charge in [-0.2, -0.15) is 26.3 Å². The summed E-state index contributed by atoms with van der Waals surface area (Å²) >= 11 is 0. The van der Waals surface area contributed by atoms with Gasteiger partial charge in [-0.05, 0) is 20.8 Å². The highest BCUT2D eigenvalue weighted by molar-refractivity contribution is 5.05. The van der Waals surface area contributed by atoms with E-state index in [1.54, 1.807) is 0 Å². The van der Waals surface area contributed by atoms with E-state index in [4.69, 9.17) is 0 Å². The lowest BCUT2D eigenvalue weighted by Crippen LogP contribution is -2.27. The fourth-order valence-corrected chi connectivity index (χ4v) is 0.648. The summed E-state index contributed by atoms with van der Waals surface area (Å²) in [7, 11) is 0. The van der Waals surface area contributed by atoms with Crippen molar-refractivity contribution in [2.45, 2.75) is 38.7 Å². The van der Waals surface area contributed by atoms with Crippen molar-refractivity contribution in [1.82, 2.24) is 0 Å². The minimum atomic E-state index is -5.15. The van der Waals surface area contributed by atoms with Crippen LogP contribution in [-0.4, -0.2) is 18.0 Å². The second kappa shape index (κ2) is 3.94. The van der Waals surface area contributed by atoms with Gasteiger partial charge < -0.3 is 4.74 Å². The Hall–Kier alpha value is -0.880. The maximum absolute atomic E-state index is 12.1. The van der Waals surface area contributed by atoms with Gasteiger partial charge in [0.25, 0.3) is 0 Å². The summed E-state index contributed by atoms with van der Waals surface area (Å²) < 4.78 is 75.7. The van der Waals surface area contributed by atoms with E-state index < -0.39 is 29.8 Å². The molecule has 0 aliphatic carbocycles. The number of halogens is 6. The number of ether oxygens (including phenoxy) is 1.